The Morgan fingerprint density at radius 2 is 1.93 bits per heavy atom. The van der Waals surface area contributed by atoms with Gasteiger partial charge in [0.15, 0.2) is 0 Å². The second kappa shape index (κ2) is 8.70. The normalized spacial score (nSPS) is 20.7. The first-order valence-corrected chi connectivity index (χ1v) is 10.4. The molecule has 2 heterocycles. The van der Waals surface area contributed by atoms with Crippen LogP contribution in [-0.4, -0.2) is 39.7 Å². The van der Waals surface area contributed by atoms with E-state index in [9.17, 15) is 4.79 Å². The van der Waals surface area contributed by atoms with Crippen molar-refractivity contribution in [2.24, 2.45) is 0 Å². The first-order chi connectivity index (χ1) is 13.3. The van der Waals surface area contributed by atoms with Gasteiger partial charge < -0.3 is 10.2 Å². The third-order valence-electron chi connectivity index (χ3n) is 5.96. The van der Waals surface area contributed by atoms with Crippen molar-refractivity contribution >= 4 is 5.91 Å². The molecular weight excluding hydrogens is 336 g/mol. The van der Waals surface area contributed by atoms with Gasteiger partial charge in [0.25, 0.3) is 0 Å². The van der Waals surface area contributed by atoms with Crippen molar-refractivity contribution in [3.8, 4) is 0 Å². The smallest absolute Gasteiger partial charge is 0.244 e. The lowest BCUT2D eigenvalue weighted by molar-refractivity contribution is -0.135. The average Bonchev–Trinajstić information content (AvgIpc) is 3.40. The molecule has 2 aromatic rings. The summed E-state index contributed by atoms with van der Waals surface area (Å²) in [6, 6.07) is 12.8. The SMILES string of the molecule is O=C(Cn1ccc([C@@H]2CCCNC2)n1)N(Cc1ccccc1)C1CCCC1. The molecule has 1 aliphatic carbocycles. The van der Waals surface area contributed by atoms with Crippen molar-refractivity contribution < 1.29 is 4.79 Å². The molecule has 2 aliphatic rings. The standard InChI is InChI=1S/C22H30N4O/c27-22(17-25-14-12-21(24-25)19-9-6-13-23-15-19)26(20-10-4-5-11-20)16-18-7-2-1-3-8-18/h1-3,7-8,12,14,19-20,23H,4-6,9-11,13,15-17H2/t19-/m1/s1. The summed E-state index contributed by atoms with van der Waals surface area (Å²) < 4.78 is 1.83. The molecule has 0 radical (unpaired) electrons. The van der Waals surface area contributed by atoms with Crippen LogP contribution in [0.2, 0.25) is 0 Å². The Hall–Kier alpha value is -2.14. The van der Waals surface area contributed by atoms with Crippen LogP contribution in [0.15, 0.2) is 42.6 Å². The largest absolute Gasteiger partial charge is 0.334 e. The lowest BCUT2D eigenvalue weighted by atomic mass is 9.97. The van der Waals surface area contributed by atoms with Crippen molar-refractivity contribution in [2.75, 3.05) is 13.1 Å². The summed E-state index contributed by atoms with van der Waals surface area (Å²) in [6.07, 6.45) is 9.04. The van der Waals surface area contributed by atoms with Gasteiger partial charge in [0.2, 0.25) is 5.91 Å². The third kappa shape index (κ3) is 4.59. The summed E-state index contributed by atoms with van der Waals surface area (Å²) in [5.74, 6) is 0.660. The second-order valence-corrected chi connectivity index (χ2v) is 7.93. The number of nitrogens with zero attached hydrogens (tertiary/aromatic N) is 3. The fourth-order valence-corrected chi connectivity index (χ4v) is 4.43. The third-order valence-corrected chi connectivity index (χ3v) is 5.96. The minimum Gasteiger partial charge on any atom is -0.334 e. The maximum absolute atomic E-state index is 13.1. The van der Waals surface area contributed by atoms with Gasteiger partial charge in [0.05, 0.1) is 5.69 Å². The van der Waals surface area contributed by atoms with E-state index in [2.05, 4.69) is 28.4 Å². The van der Waals surface area contributed by atoms with E-state index in [1.807, 2.05) is 29.1 Å². The molecule has 144 valence electrons. The highest BCUT2D eigenvalue weighted by Gasteiger charge is 2.27. The lowest BCUT2D eigenvalue weighted by Gasteiger charge is -2.29. The van der Waals surface area contributed by atoms with E-state index in [0.717, 1.165) is 31.6 Å². The predicted octanol–water partition coefficient (Wildman–Crippen LogP) is 3.32. The molecule has 0 spiro atoms. The van der Waals surface area contributed by atoms with Crippen molar-refractivity contribution in [1.82, 2.24) is 20.0 Å². The van der Waals surface area contributed by atoms with E-state index in [-0.39, 0.29) is 5.91 Å². The maximum Gasteiger partial charge on any atom is 0.244 e. The van der Waals surface area contributed by atoms with Gasteiger partial charge in [0.1, 0.15) is 6.54 Å². The van der Waals surface area contributed by atoms with E-state index < -0.39 is 0 Å². The highest BCUT2D eigenvalue weighted by Crippen LogP contribution is 2.26. The van der Waals surface area contributed by atoms with Gasteiger partial charge in [-0.05, 0) is 43.9 Å². The molecule has 5 nitrogen and oxygen atoms in total. The van der Waals surface area contributed by atoms with Crippen LogP contribution >= 0.6 is 0 Å². The van der Waals surface area contributed by atoms with E-state index in [0.29, 0.717) is 25.0 Å². The lowest BCUT2D eigenvalue weighted by Crippen LogP contribution is -2.40. The van der Waals surface area contributed by atoms with Gasteiger partial charge in [0, 0.05) is 31.2 Å². The number of piperidine rings is 1. The molecule has 2 fully saturated rings. The Labute approximate surface area is 161 Å². The Balaban J connectivity index is 1.44. The Morgan fingerprint density at radius 3 is 2.67 bits per heavy atom. The summed E-state index contributed by atoms with van der Waals surface area (Å²) in [4.78, 5) is 15.2. The van der Waals surface area contributed by atoms with Crippen molar-refractivity contribution in [3.05, 3.63) is 53.9 Å². The zero-order valence-corrected chi connectivity index (χ0v) is 16.0. The van der Waals surface area contributed by atoms with E-state index in [1.54, 1.807) is 0 Å². The highest BCUT2D eigenvalue weighted by molar-refractivity contribution is 5.76. The van der Waals surface area contributed by atoms with Crippen LogP contribution < -0.4 is 5.32 Å². The zero-order valence-electron chi connectivity index (χ0n) is 16.0. The molecule has 4 rings (SSSR count). The summed E-state index contributed by atoms with van der Waals surface area (Å²) in [7, 11) is 0. The molecule has 1 N–H and O–H groups in total. The molecule has 27 heavy (non-hydrogen) atoms. The molecule has 5 heteroatoms. The molecule has 1 aromatic heterocycles. The second-order valence-electron chi connectivity index (χ2n) is 7.93. The molecule has 1 saturated heterocycles. The molecule has 0 bridgehead atoms. The van der Waals surface area contributed by atoms with Crippen LogP contribution in [0.4, 0.5) is 0 Å². The Morgan fingerprint density at radius 1 is 1.11 bits per heavy atom. The minimum atomic E-state index is 0.183. The molecule has 0 unspecified atom stereocenters. The van der Waals surface area contributed by atoms with Crippen LogP contribution in [0.25, 0.3) is 0 Å². The average molecular weight is 367 g/mol. The van der Waals surface area contributed by atoms with Crippen LogP contribution in [-0.2, 0) is 17.9 Å². The fraction of sp³-hybridized carbons (Fsp3) is 0.545. The first kappa shape index (κ1) is 18.2. The van der Waals surface area contributed by atoms with Crippen LogP contribution in [0.5, 0.6) is 0 Å². The number of benzene rings is 1. The number of nitrogens with one attached hydrogen (secondary N) is 1. The van der Waals surface area contributed by atoms with Gasteiger partial charge >= 0.3 is 0 Å². The number of hydrogen-bond acceptors (Lipinski definition) is 3. The van der Waals surface area contributed by atoms with Gasteiger partial charge in [-0.1, -0.05) is 43.2 Å². The zero-order chi connectivity index (χ0) is 18.5. The number of carbonyl (C=O) groups is 1. The molecule has 1 aliphatic heterocycles. The fourth-order valence-electron chi connectivity index (χ4n) is 4.43. The topological polar surface area (TPSA) is 50.2 Å². The van der Waals surface area contributed by atoms with Crippen molar-refractivity contribution in [1.29, 1.82) is 0 Å². The number of hydrogen-bond donors (Lipinski definition) is 1. The van der Waals surface area contributed by atoms with Crippen LogP contribution in [0, 0.1) is 0 Å². The molecular formula is C22H30N4O. The number of carbonyl (C=O) groups excluding carboxylic acids is 1. The Kier molecular flexibility index (Phi) is 5.87. The number of aromatic nitrogens is 2. The van der Waals surface area contributed by atoms with Crippen molar-refractivity contribution in [3.63, 3.8) is 0 Å². The van der Waals surface area contributed by atoms with Crippen LogP contribution in [0.1, 0.15) is 55.7 Å². The summed E-state index contributed by atoms with van der Waals surface area (Å²) >= 11 is 0. The summed E-state index contributed by atoms with van der Waals surface area (Å²) in [6.45, 7) is 3.13. The number of amides is 1. The maximum atomic E-state index is 13.1. The first-order valence-electron chi connectivity index (χ1n) is 10.4. The monoisotopic (exact) mass is 366 g/mol. The summed E-state index contributed by atoms with van der Waals surface area (Å²) in [5.41, 5.74) is 2.32. The van der Waals surface area contributed by atoms with Crippen molar-refractivity contribution in [2.45, 2.75) is 63.6 Å². The van der Waals surface area contributed by atoms with E-state index in [1.165, 1.54) is 31.2 Å². The Bertz CT molecular complexity index is 730. The quantitative estimate of drug-likeness (QED) is 0.853. The molecule has 1 aromatic carbocycles. The minimum absolute atomic E-state index is 0.183. The van der Waals surface area contributed by atoms with Gasteiger partial charge in [-0.2, -0.15) is 5.10 Å². The highest BCUT2D eigenvalue weighted by atomic mass is 16.2. The number of rotatable bonds is 6. The molecule has 1 saturated carbocycles. The van der Waals surface area contributed by atoms with Gasteiger partial charge in [-0.15, -0.1) is 0 Å². The molecule has 1 atom stereocenters. The van der Waals surface area contributed by atoms with Gasteiger partial charge in [-0.3, -0.25) is 9.48 Å². The van der Waals surface area contributed by atoms with Gasteiger partial charge in [-0.25, -0.2) is 0 Å². The molecule has 1 amide bonds. The predicted molar refractivity (Wildman–Crippen MR) is 106 cm³/mol. The van der Waals surface area contributed by atoms with Crippen LogP contribution in [0.3, 0.4) is 0 Å². The van der Waals surface area contributed by atoms with E-state index >= 15 is 0 Å². The van der Waals surface area contributed by atoms with E-state index in [4.69, 9.17) is 5.10 Å². The summed E-state index contributed by atoms with van der Waals surface area (Å²) in [5, 5.41) is 8.16.